The van der Waals surface area contributed by atoms with Crippen LogP contribution < -0.4 is 5.56 Å². The average molecular weight is 244 g/mol. The minimum atomic E-state index is -0.166. The highest BCUT2D eigenvalue weighted by Crippen LogP contribution is 2.05. The van der Waals surface area contributed by atoms with Gasteiger partial charge in [-0.1, -0.05) is 0 Å². The van der Waals surface area contributed by atoms with Gasteiger partial charge in [0.2, 0.25) is 0 Å². The molecular formula is C9H10BrNO2. The molecule has 3 nitrogen and oxygen atoms in total. The number of aryl methyl sites for hydroxylation is 1. The van der Waals surface area contributed by atoms with E-state index in [9.17, 15) is 9.59 Å². The summed E-state index contributed by atoms with van der Waals surface area (Å²) in [5.41, 5.74) is 0.786. The number of Topliss-reactive ketones (excluding diaryl/α,β-unsaturated/α-hetero) is 1. The highest BCUT2D eigenvalue weighted by Gasteiger charge is 2.03. The fraction of sp³-hybridized carbons (Fsp3) is 0.333. The molecule has 0 saturated carbocycles. The number of nitrogens with zero attached hydrogens (tertiary/aromatic N) is 1. The van der Waals surface area contributed by atoms with Crippen molar-refractivity contribution in [3.63, 3.8) is 0 Å². The van der Waals surface area contributed by atoms with Gasteiger partial charge in [0.1, 0.15) is 5.78 Å². The van der Waals surface area contributed by atoms with E-state index in [-0.39, 0.29) is 17.9 Å². The van der Waals surface area contributed by atoms with Gasteiger partial charge >= 0.3 is 0 Å². The van der Waals surface area contributed by atoms with Crippen LogP contribution in [0.3, 0.4) is 0 Å². The Morgan fingerprint density at radius 1 is 1.62 bits per heavy atom. The molecule has 0 aliphatic carbocycles. The Hall–Kier alpha value is -0.900. The maximum atomic E-state index is 11.4. The largest absolute Gasteiger partial charge is 0.307 e. The van der Waals surface area contributed by atoms with Crippen LogP contribution in [0, 0.1) is 6.92 Å². The van der Waals surface area contributed by atoms with Gasteiger partial charge in [-0.15, -0.1) is 0 Å². The fourth-order valence-corrected chi connectivity index (χ4v) is 1.69. The Morgan fingerprint density at radius 3 is 2.77 bits per heavy atom. The summed E-state index contributed by atoms with van der Waals surface area (Å²) >= 11 is 3.14. The molecule has 0 N–H and O–H groups in total. The molecule has 1 aromatic heterocycles. The average Bonchev–Trinajstić information content (AvgIpc) is 1.98. The van der Waals surface area contributed by atoms with E-state index < -0.39 is 0 Å². The summed E-state index contributed by atoms with van der Waals surface area (Å²) in [5, 5.41) is 0. The number of hydrogen-bond donors (Lipinski definition) is 0. The maximum Gasteiger partial charge on any atom is 0.265 e. The summed E-state index contributed by atoms with van der Waals surface area (Å²) in [6, 6.07) is 1.74. The smallest absolute Gasteiger partial charge is 0.265 e. The maximum absolute atomic E-state index is 11.4. The van der Waals surface area contributed by atoms with Gasteiger partial charge in [0.25, 0.3) is 5.56 Å². The van der Waals surface area contributed by atoms with Crippen molar-refractivity contribution in [3.8, 4) is 0 Å². The summed E-state index contributed by atoms with van der Waals surface area (Å²) in [4.78, 5) is 22.2. The van der Waals surface area contributed by atoms with E-state index in [2.05, 4.69) is 15.9 Å². The fourth-order valence-electron chi connectivity index (χ4n) is 1.10. The number of rotatable bonds is 2. The number of halogens is 1. The van der Waals surface area contributed by atoms with Crippen molar-refractivity contribution in [2.24, 2.45) is 0 Å². The van der Waals surface area contributed by atoms with Crippen molar-refractivity contribution in [3.05, 3.63) is 32.7 Å². The van der Waals surface area contributed by atoms with Crippen LogP contribution in [0.25, 0.3) is 0 Å². The van der Waals surface area contributed by atoms with Crippen LogP contribution in [0.4, 0.5) is 0 Å². The molecule has 0 aliphatic rings. The third-order valence-corrected chi connectivity index (χ3v) is 2.14. The second-order valence-electron chi connectivity index (χ2n) is 3.00. The molecule has 0 bridgehead atoms. The van der Waals surface area contributed by atoms with Crippen LogP contribution in [-0.2, 0) is 11.3 Å². The van der Waals surface area contributed by atoms with Gasteiger partial charge in [-0.25, -0.2) is 0 Å². The van der Waals surface area contributed by atoms with Crippen molar-refractivity contribution in [2.75, 3.05) is 0 Å². The lowest BCUT2D eigenvalue weighted by molar-refractivity contribution is -0.117. The molecule has 0 saturated heterocycles. The summed E-state index contributed by atoms with van der Waals surface area (Å²) < 4.78 is 1.90. The molecule has 0 radical (unpaired) electrons. The van der Waals surface area contributed by atoms with E-state index in [0.29, 0.717) is 4.47 Å². The quantitative estimate of drug-likeness (QED) is 0.790. The zero-order chi connectivity index (χ0) is 10.0. The molecule has 0 aromatic carbocycles. The van der Waals surface area contributed by atoms with Crippen molar-refractivity contribution < 1.29 is 4.79 Å². The molecule has 1 heterocycles. The van der Waals surface area contributed by atoms with Crippen molar-refractivity contribution in [1.29, 1.82) is 0 Å². The Labute approximate surface area is 84.5 Å². The topological polar surface area (TPSA) is 39.1 Å². The van der Waals surface area contributed by atoms with Crippen molar-refractivity contribution in [1.82, 2.24) is 4.57 Å². The molecule has 0 atom stereocenters. The molecule has 0 unspecified atom stereocenters. The lowest BCUT2D eigenvalue weighted by Crippen LogP contribution is -2.23. The SMILES string of the molecule is CC(=O)Cn1cc(C)cc(Br)c1=O. The molecule has 0 amide bonds. The molecule has 0 fully saturated rings. The van der Waals surface area contributed by atoms with Crippen LogP contribution in [0.2, 0.25) is 0 Å². The molecule has 70 valence electrons. The molecule has 4 heteroatoms. The van der Waals surface area contributed by atoms with Crippen LogP contribution in [0.15, 0.2) is 21.5 Å². The van der Waals surface area contributed by atoms with Gasteiger partial charge in [0, 0.05) is 6.20 Å². The lowest BCUT2D eigenvalue weighted by atomic mass is 10.3. The minimum Gasteiger partial charge on any atom is -0.307 e. The molecular weight excluding hydrogens is 234 g/mol. The molecule has 13 heavy (non-hydrogen) atoms. The van der Waals surface area contributed by atoms with Gasteiger partial charge in [-0.3, -0.25) is 9.59 Å². The summed E-state index contributed by atoms with van der Waals surface area (Å²) in [6.07, 6.45) is 1.68. The van der Waals surface area contributed by atoms with Crippen LogP contribution in [0.5, 0.6) is 0 Å². The number of hydrogen-bond acceptors (Lipinski definition) is 2. The first-order valence-electron chi connectivity index (χ1n) is 3.86. The summed E-state index contributed by atoms with van der Waals surface area (Å²) in [6.45, 7) is 3.47. The van der Waals surface area contributed by atoms with Gasteiger partial charge in [0.15, 0.2) is 0 Å². The number of carbonyl (C=O) groups excluding carboxylic acids is 1. The zero-order valence-corrected chi connectivity index (χ0v) is 9.09. The molecule has 0 aliphatic heterocycles. The van der Waals surface area contributed by atoms with E-state index in [1.54, 1.807) is 12.3 Å². The normalized spacial score (nSPS) is 10.1. The molecule has 1 aromatic rings. The first kappa shape index (κ1) is 10.2. The van der Waals surface area contributed by atoms with Gasteiger partial charge in [-0.2, -0.15) is 0 Å². The minimum absolute atomic E-state index is 0.0281. The van der Waals surface area contributed by atoms with Gasteiger partial charge < -0.3 is 4.57 Å². The Kier molecular flexibility index (Phi) is 3.03. The summed E-state index contributed by atoms with van der Waals surface area (Å²) in [7, 11) is 0. The van der Waals surface area contributed by atoms with E-state index in [4.69, 9.17) is 0 Å². The van der Waals surface area contributed by atoms with Crippen molar-refractivity contribution >= 4 is 21.7 Å². The zero-order valence-electron chi connectivity index (χ0n) is 7.50. The Bertz CT molecular complexity index is 395. The van der Waals surface area contributed by atoms with Gasteiger partial charge in [-0.05, 0) is 41.4 Å². The first-order valence-corrected chi connectivity index (χ1v) is 4.66. The Balaban J connectivity index is 3.21. The predicted octanol–water partition coefficient (Wildman–Crippen LogP) is 1.51. The molecule has 1 rings (SSSR count). The number of pyridine rings is 1. The standard InChI is InChI=1S/C9H10BrNO2/c1-6-3-8(10)9(13)11(4-6)5-7(2)12/h3-4H,5H2,1-2H3. The van der Waals surface area contributed by atoms with E-state index in [1.807, 2.05) is 6.92 Å². The second kappa shape index (κ2) is 3.87. The predicted molar refractivity (Wildman–Crippen MR) is 53.8 cm³/mol. The number of aromatic nitrogens is 1. The van der Waals surface area contributed by atoms with E-state index in [0.717, 1.165) is 5.56 Å². The van der Waals surface area contributed by atoms with Crippen LogP contribution in [-0.4, -0.2) is 10.4 Å². The Morgan fingerprint density at radius 2 is 2.23 bits per heavy atom. The van der Waals surface area contributed by atoms with Crippen LogP contribution in [0.1, 0.15) is 12.5 Å². The highest BCUT2D eigenvalue weighted by atomic mass is 79.9. The lowest BCUT2D eigenvalue weighted by Gasteiger charge is -2.04. The highest BCUT2D eigenvalue weighted by molar-refractivity contribution is 9.10. The number of ketones is 1. The number of carbonyl (C=O) groups is 1. The van der Waals surface area contributed by atoms with Gasteiger partial charge in [0.05, 0.1) is 11.0 Å². The third kappa shape index (κ3) is 2.52. The van der Waals surface area contributed by atoms with E-state index >= 15 is 0 Å². The summed E-state index contributed by atoms with van der Waals surface area (Å²) in [5.74, 6) is -0.0281. The van der Waals surface area contributed by atoms with Crippen molar-refractivity contribution in [2.45, 2.75) is 20.4 Å². The monoisotopic (exact) mass is 243 g/mol. The third-order valence-electron chi connectivity index (χ3n) is 1.57. The molecule has 0 spiro atoms. The second-order valence-corrected chi connectivity index (χ2v) is 3.85. The van der Waals surface area contributed by atoms with E-state index in [1.165, 1.54) is 11.5 Å². The first-order chi connectivity index (χ1) is 6.00. The van der Waals surface area contributed by atoms with Crippen LogP contribution >= 0.6 is 15.9 Å².